The molecule has 0 saturated carbocycles. The minimum atomic E-state index is -0.279. The van der Waals surface area contributed by atoms with Crippen LogP contribution < -0.4 is 5.32 Å². The molecule has 6 nitrogen and oxygen atoms in total. The van der Waals surface area contributed by atoms with Crippen LogP contribution in [-0.4, -0.2) is 28.9 Å². The number of carbonyl (C=O) groups is 1. The van der Waals surface area contributed by atoms with Gasteiger partial charge in [0.15, 0.2) is 5.76 Å². The molecule has 6 heteroatoms. The molecule has 0 bridgehead atoms. The number of nitrogens with one attached hydrogen (secondary N) is 1. The summed E-state index contributed by atoms with van der Waals surface area (Å²) in [5.74, 6) is 0.0107. The summed E-state index contributed by atoms with van der Waals surface area (Å²) in [6, 6.07) is 9.52. The third kappa shape index (κ3) is 2.37. The van der Waals surface area contributed by atoms with E-state index in [-0.39, 0.29) is 17.7 Å². The molecule has 0 spiro atoms. The number of nitrogens with zero attached hydrogens (tertiary/aromatic N) is 2. The Labute approximate surface area is 126 Å². The van der Waals surface area contributed by atoms with Crippen LogP contribution in [-0.2, 0) is 4.74 Å². The lowest BCUT2D eigenvalue weighted by Gasteiger charge is -2.06. The van der Waals surface area contributed by atoms with Crippen molar-refractivity contribution in [1.82, 2.24) is 9.78 Å². The highest BCUT2D eigenvalue weighted by Crippen LogP contribution is 2.22. The lowest BCUT2D eigenvalue weighted by atomic mass is 10.2. The van der Waals surface area contributed by atoms with Crippen LogP contribution in [0.4, 0.5) is 5.69 Å². The zero-order valence-corrected chi connectivity index (χ0v) is 11.9. The van der Waals surface area contributed by atoms with Gasteiger partial charge in [-0.3, -0.25) is 9.48 Å². The van der Waals surface area contributed by atoms with E-state index in [1.165, 1.54) is 0 Å². The summed E-state index contributed by atoms with van der Waals surface area (Å²) in [7, 11) is 0. The third-order valence-corrected chi connectivity index (χ3v) is 3.79. The minimum Gasteiger partial charge on any atom is -0.451 e. The van der Waals surface area contributed by atoms with Gasteiger partial charge < -0.3 is 14.5 Å². The van der Waals surface area contributed by atoms with Crippen molar-refractivity contribution in [2.24, 2.45) is 0 Å². The van der Waals surface area contributed by atoms with Gasteiger partial charge in [0.1, 0.15) is 5.58 Å². The summed E-state index contributed by atoms with van der Waals surface area (Å²) in [4.78, 5) is 12.2. The Bertz CT molecular complexity index is 782. The van der Waals surface area contributed by atoms with Crippen molar-refractivity contribution in [2.75, 3.05) is 18.5 Å². The molecule has 1 saturated heterocycles. The standard InChI is InChI=1S/C16H15N3O3/c20-16(15-7-11-3-1-2-4-14(11)22-15)18-12-8-17-19(9-12)13-5-6-21-10-13/h1-4,7-9,13H,5-6,10H2,(H,18,20). The van der Waals surface area contributed by atoms with E-state index in [9.17, 15) is 4.79 Å². The van der Waals surface area contributed by atoms with Gasteiger partial charge in [0.2, 0.25) is 0 Å². The summed E-state index contributed by atoms with van der Waals surface area (Å²) in [5, 5.41) is 7.99. The SMILES string of the molecule is O=C(Nc1cnn(C2CCOC2)c1)c1cc2ccccc2o1. The molecule has 1 N–H and O–H groups in total. The first-order chi connectivity index (χ1) is 10.8. The number of benzene rings is 1. The van der Waals surface area contributed by atoms with Crippen LogP contribution >= 0.6 is 0 Å². The quantitative estimate of drug-likeness (QED) is 0.807. The molecular formula is C16H15N3O3. The van der Waals surface area contributed by atoms with Gasteiger partial charge in [-0.2, -0.15) is 5.10 Å². The first-order valence-corrected chi connectivity index (χ1v) is 7.21. The van der Waals surface area contributed by atoms with Gasteiger partial charge in [-0.15, -0.1) is 0 Å². The van der Waals surface area contributed by atoms with Gasteiger partial charge in [-0.1, -0.05) is 18.2 Å². The third-order valence-electron chi connectivity index (χ3n) is 3.79. The Balaban J connectivity index is 1.51. The second-order valence-corrected chi connectivity index (χ2v) is 5.33. The number of amides is 1. The molecule has 1 unspecified atom stereocenters. The smallest absolute Gasteiger partial charge is 0.291 e. The van der Waals surface area contributed by atoms with Crippen molar-refractivity contribution in [1.29, 1.82) is 0 Å². The second kappa shape index (κ2) is 5.31. The lowest BCUT2D eigenvalue weighted by molar-refractivity contribution is 0.0998. The van der Waals surface area contributed by atoms with Gasteiger partial charge in [0.25, 0.3) is 5.91 Å². The number of hydrogen-bond acceptors (Lipinski definition) is 4. The number of anilines is 1. The molecule has 3 aromatic rings. The lowest BCUT2D eigenvalue weighted by Crippen LogP contribution is -2.11. The van der Waals surface area contributed by atoms with Gasteiger partial charge >= 0.3 is 0 Å². The summed E-state index contributed by atoms with van der Waals surface area (Å²) in [6.45, 7) is 1.42. The van der Waals surface area contributed by atoms with Crippen LogP contribution in [0.1, 0.15) is 23.0 Å². The molecule has 112 valence electrons. The summed E-state index contributed by atoms with van der Waals surface area (Å²) < 4.78 is 12.7. The number of hydrogen-bond donors (Lipinski definition) is 1. The number of rotatable bonds is 3. The zero-order valence-electron chi connectivity index (χ0n) is 11.9. The van der Waals surface area contributed by atoms with Gasteiger partial charge in [0.05, 0.1) is 24.5 Å². The van der Waals surface area contributed by atoms with E-state index < -0.39 is 0 Å². The fourth-order valence-corrected chi connectivity index (χ4v) is 2.62. The Morgan fingerprint density at radius 1 is 1.36 bits per heavy atom. The first-order valence-electron chi connectivity index (χ1n) is 7.21. The number of para-hydroxylation sites is 1. The minimum absolute atomic E-state index is 0.247. The largest absolute Gasteiger partial charge is 0.451 e. The fourth-order valence-electron chi connectivity index (χ4n) is 2.62. The van der Waals surface area contributed by atoms with E-state index in [0.717, 1.165) is 18.4 Å². The molecule has 1 amide bonds. The second-order valence-electron chi connectivity index (χ2n) is 5.33. The number of ether oxygens (including phenoxy) is 1. The molecule has 3 heterocycles. The van der Waals surface area contributed by atoms with Crippen molar-refractivity contribution in [3.8, 4) is 0 Å². The Kier molecular flexibility index (Phi) is 3.16. The molecule has 1 fully saturated rings. The van der Waals surface area contributed by atoms with Crippen molar-refractivity contribution in [3.63, 3.8) is 0 Å². The molecule has 4 rings (SSSR count). The van der Waals surface area contributed by atoms with Crippen LogP contribution in [0, 0.1) is 0 Å². The fraction of sp³-hybridized carbons (Fsp3) is 0.250. The number of fused-ring (bicyclic) bond motifs is 1. The number of furan rings is 1. The molecule has 1 aliphatic rings. The van der Waals surface area contributed by atoms with Crippen molar-refractivity contribution in [3.05, 3.63) is 48.5 Å². The maximum Gasteiger partial charge on any atom is 0.291 e. The van der Waals surface area contributed by atoms with Crippen molar-refractivity contribution >= 4 is 22.6 Å². The van der Waals surface area contributed by atoms with E-state index in [1.807, 2.05) is 35.1 Å². The normalized spacial score (nSPS) is 17.9. The van der Waals surface area contributed by atoms with E-state index in [0.29, 0.717) is 17.9 Å². The van der Waals surface area contributed by atoms with Crippen LogP contribution in [0.25, 0.3) is 11.0 Å². The van der Waals surface area contributed by atoms with Crippen LogP contribution in [0.3, 0.4) is 0 Å². The first kappa shape index (κ1) is 13.1. The summed E-state index contributed by atoms with van der Waals surface area (Å²) in [5.41, 5.74) is 1.35. The Morgan fingerprint density at radius 3 is 3.09 bits per heavy atom. The van der Waals surface area contributed by atoms with Gasteiger partial charge in [-0.25, -0.2) is 0 Å². The highest BCUT2D eigenvalue weighted by atomic mass is 16.5. The summed E-state index contributed by atoms with van der Waals surface area (Å²) >= 11 is 0. The molecule has 22 heavy (non-hydrogen) atoms. The van der Waals surface area contributed by atoms with Crippen LogP contribution in [0.2, 0.25) is 0 Å². The number of aromatic nitrogens is 2. The maximum atomic E-state index is 12.2. The average Bonchev–Trinajstić information content (AvgIpc) is 3.26. The average molecular weight is 297 g/mol. The molecular weight excluding hydrogens is 282 g/mol. The van der Waals surface area contributed by atoms with E-state index in [2.05, 4.69) is 10.4 Å². The molecule has 1 atom stereocenters. The molecule has 1 aromatic carbocycles. The molecule has 0 radical (unpaired) electrons. The summed E-state index contributed by atoms with van der Waals surface area (Å²) in [6.07, 6.45) is 4.40. The van der Waals surface area contributed by atoms with E-state index in [1.54, 1.807) is 12.3 Å². The zero-order chi connectivity index (χ0) is 14.9. The Hall–Kier alpha value is -2.60. The highest BCUT2D eigenvalue weighted by molar-refractivity contribution is 6.04. The Morgan fingerprint density at radius 2 is 2.27 bits per heavy atom. The van der Waals surface area contributed by atoms with Crippen LogP contribution in [0.5, 0.6) is 0 Å². The monoisotopic (exact) mass is 297 g/mol. The maximum absolute atomic E-state index is 12.2. The van der Waals surface area contributed by atoms with Crippen molar-refractivity contribution in [2.45, 2.75) is 12.5 Å². The number of carbonyl (C=O) groups excluding carboxylic acids is 1. The van der Waals surface area contributed by atoms with Gasteiger partial charge in [0, 0.05) is 18.2 Å². The van der Waals surface area contributed by atoms with E-state index >= 15 is 0 Å². The predicted molar refractivity (Wildman–Crippen MR) is 80.9 cm³/mol. The van der Waals surface area contributed by atoms with Gasteiger partial charge in [-0.05, 0) is 18.6 Å². The molecule has 0 aliphatic carbocycles. The molecule has 2 aromatic heterocycles. The predicted octanol–water partition coefficient (Wildman–Crippen LogP) is 2.84. The topological polar surface area (TPSA) is 69.3 Å². The van der Waals surface area contributed by atoms with E-state index in [4.69, 9.17) is 9.15 Å². The molecule has 1 aliphatic heterocycles. The van der Waals surface area contributed by atoms with Crippen LogP contribution in [0.15, 0.2) is 47.1 Å². The highest BCUT2D eigenvalue weighted by Gasteiger charge is 2.19. The van der Waals surface area contributed by atoms with Crippen molar-refractivity contribution < 1.29 is 13.9 Å².